The number of aldehydes is 1. The number of hydrogen-bond acceptors (Lipinski definition) is 3. The Morgan fingerprint density at radius 1 is 1.47 bits per heavy atom. The Labute approximate surface area is 90.5 Å². The van der Waals surface area contributed by atoms with Gasteiger partial charge < -0.3 is 4.74 Å². The Hall–Kier alpha value is -1.38. The van der Waals surface area contributed by atoms with Gasteiger partial charge in [0.1, 0.15) is 0 Å². The molecule has 3 nitrogen and oxygen atoms in total. The molecular formula is C12H17NO2. The number of nitrogens with zero attached hydrogens (tertiary/aromatic N) is 1. The van der Waals surface area contributed by atoms with E-state index in [0.717, 1.165) is 19.1 Å². The first-order valence-electron chi connectivity index (χ1n) is 5.26. The molecule has 0 aliphatic rings. The second-order valence-electron chi connectivity index (χ2n) is 3.93. The van der Waals surface area contributed by atoms with Gasteiger partial charge in [-0.25, -0.2) is 4.98 Å². The van der Waals surface area contributed by atoms with Crippen LogP contribution in [0.5, 0.6) is 5.88 Å². The Kier molecular flexibility index (Phi) is 4.81. The van der Waals surface area contributed by atoms with Gasteiger partial charge in [0.15, 0.2) is 6.29 Å². The Morgan fingerprint density at radius 2 is 2.27 bits per heavy atom. The van der Waals surface area contributed by atoms with E-state index in [4.69, 9.17) is 4.74 Å². The van der Waals surface area contributed by atoms with Crippen LogP contribution >= 0.6 is 0 Å². The van der Waals surface area contributed by atoms with E-state index < -0.39 is 0 Å². The molecule has 3 heteroatoms. The van der Waals surface area contributed by atoms with Crippen molar-refractivity contribution >= 4 is 6.29 Å². The molecule has 0 saturated carbocycles. The highest BCUT2D eigenvalue weighted by Gasteiger charge is 1.97. The number of carbonyl (C=O) groups excluding carboxylic acids is 1. The molecule has 0 N–H and O–H groups in total. The van der Waals surface area contributed by atoms with Crippen molar-refractivity contribution in [1.82, 2.24) is 4.98 Å². The van der Waals surface area contributed by atoms with Crippen LogP contribution in [0.3, 0.4) is 0 Å². The summed E-state index contributed by atoms with van der Waals surface area (Å²) in [4.78, 5) is 14.4. The lowest BCUT2D eigenvalue weighted by Crippen LogP contribution is -2.01. The molecule has 0 atom stereocenters. The molecule has 1 aromatic heterocycles. The topological polar surface area (TPSA) is 39.2 Å². The largest absolute Gasteiger partial charge is 0.478 e. The van der Waals surface area contributed by atoms with Crippen LogP contribution in [0, 0.1) is 5.92 Å². The summed E-state index contributed by atoms with van der Waals surface area (Å²) in [6.07, 6.45) is 4.49. The van der Waals surface area contributed by atoms with Gasteiger partial charge >= 0.3 is 0 Å². The quantitative estimate of drug-likeness (QED) is 0.532. The van der Waals surface area contributed by atoms with E-state index in [9.17, 15) is 4.79 Å². The fraction of sp³-hybridized carbons (Fsp3) is 0.500. The van der Waals surface area contributed by atoms with Crippen LogP contribution in [0.25, 0.3) is 0 Å². The van der Waals surface area contributed by atoms with Crippen LogP contribution in [-0.2, 0) is 0 Å². The standard InChI is InChI=1S/C12H17NO2/c1-10(2)4-3-7-15-12-6-5-11(9-14)8-13-12/h5-6,8-10H,3-4,7H2,1-2H3. The van der Waals surface area contributed by atoms with E-state index in [1.165, 1.54) is 6.20 Å². The van der Waals surface area contributed by atoms with E-state index in [1.807, 2.05) is 0 Å². The van der Waals surface area contributed by atoms with Gasteiger partial charge in [-0.3, -0.25) is 4.79 Å². The van der Waals surface area contributed by atoms with Crippen molar-refractivity contribution < 1.29 is 9.53 Å². The summed E-state index contributed by atoms with van der Waals surface area (Å²) in [5.74, 6) is 1.29. The maximum Gasteiger partial charge on any atom is 0.213 e. The lowest BCUT2D eigenvalue weighted by Gasteiger charge is -2.06. The van der Waals surface area contributed by atoms with Crippen LogP contribution in [-0.4, -0.2) is 17.9 Å². The van der Waals surface area contributed by atoms with E-state index in [-0.39, 0.29) is 0 Å². The molecule has 0 bridgehead atoms. The summed E-state index contributed by atoms with van der Waals surface area (Å²) in [5, 5.41) is 0. The van der Waals surface area contributed by atoms with Crippen molar-refractivity contribution in [2.24, 2.45) is 5.92 Å². The van der Waals surface area contributed by atoms with Gasteiger partial charge in [0.25, 0.3) is 0 Å². The number of pyridine rings is 1. The molecule has 1 rings (SSSR count). The fourth-order valence-electron chi connectivity index (χ4n) is 1.22. The molecule has 0 unspecified atom stereocenters. The number of hydrogen-bond donors (Lipinski definition) is 0. The van der Waals surface area contributed by atoms with Crippen molar-refractivity contribution in [3.05, 3.63) is 23.9 Å². The number of aromatic nitrogens is 1. The van der Waals surface area contributed by atoms with Gasteiger partial charge in [-0.05, 0) is 24.8 Å². The third-order valence-electron chi connectivity index (χ3n) is 2.07. The van der Waals surface area contributed by atoms with Crippen LogP contribution in [0.15, 0.2) is 18.3 Å². The summed E-state index contributed by atoms with van der Waals surface area (Å²) < 4.78 is 5.43. The molecule has 0 aliphatic carbocycles. The van der Waals surface area contributed by atoms with Crippen LogP contribution in [0.2, 0.25) is 0 Å². The zero-order valence-corrected chi connectivity index (χ0v) is 9.27. The second-order valence-corrected chi connectivity index (χ2v) is 3.93. The van der Waals surface area contributed by atoms with E-state index in [1.54, 1.807) is 12.1 Å². The molecule has 1 aromatic rings. The van der Waals surface area contributed by atoms with Crippen LogP contribution in [0.1, 0.15) is 37.0 Å². The average Bonchev–Trinajstić information content (AvgIpc) is 2.25. The lowest BCUT2D eigenvalue weighted by atomic mass is 10.1. The van der Waals surface area contributed by atoms with Crippen molar-refractivity contribution in [3.8, 4) is 5.88 Å². The molecule has 15 heavy (non-hydrogen) atoms. The predicted molar refractivity (Wildman–Crippen MR) is 59.2 cm³/mol. The van der Waals surface area contributed by atoms with E-state index >= 15 is 0 Å². The number of rotatable bonds is 6. The maximum absolute atomic E-state index is 10.4. The van der Waals surface area contributed by atoms with Crippen molar-refractivity contribution in [1.29, 1.82) is 0 Å². The van der Waals surface area contributed by atoms with Crippen LogP contribution < -0.4 is 4.74 Å². The second kappa shape index (κ2) is 6.17. The zero-order chi connectivity index (χ0) is 11.1. The normalized spacial score (nSPS) is 10.3. The first-order valence-corrected chi connectivity index (χ1v) is 5.26. The summed E-state index contributed by atoms with van der Waals surface area (Å²) in [7, 11) is 0. The molecular weight excluding hydrogens is 190 g/mol. The Balaban J connectivity index is 2.28. The zero-order valence-electron chi connectivity index (χ0n) is 9.27. The minimum absolute atomic E-state index is 0.574. The van der Waals surface area contributed by atoms with E-state index in [0.29, 0.717) is 24.0 Å². The molecule has 1 heterocycles. The molecule has 0 saturated heterocycles. The van der Waals surface area contributed by atoms with Gasteiger partial charge in [0.05, 0.1) is 6.61 Å². The third kappa shape index (κ3) is 4.58. The summed E-state index contributed by atoms with van der Waals surface area (Å²) in [6, 6.07) is 3.43. The summed E-state index contributed by atoms with van der Waals surface area (Å²) in [6.45, 7) is 5.07. The molecule has 0 aliphatic heterocycles. The van der Waals surface area contributed by atoms with Crippen molar-refractivity contribution in [2.75, 3.05) is 6.61 Å². The monoisotopic (exact) mass is 207 g/mol. The highest BCUT2D eigenvalue weighted by molar-refractivity contribution is 5.73. The first-order chi connectivity index (χ1) is 7.22. The van der Waals surface area contributed by atoms with Crippen molar-refractivity contribution in [2.45, 2.75) is 26.7 Å². The molecule has 0 spiro atoms. The number of carbonyl (C=O) groups is 1. The Bertz CT molecular complexity index is 293. The highest BCUT2D eigenvalue weighted by atomic mass is 16.5. The average molecular weight is 207 g/mol. The maximum atomic E-state index is 10.4. The molecule has 0 amide bonds. The van der Waals surface area contributed by atoms with Gasteiger partial charge in [0.2, 0.25) is 5.88 Å². The van der Waals surface area contributed by atoms with Gasteiger partial charge in [-0.1, -0.05) is 13.8 Å². The fourth-order valence-corrected chi connectivity index (χ4v) is 1.22. The smallest absolute Gasteiger partial charge is 0.213 e. The summed E-state index contributed by atoms with van der Waals surface area (Å²) >= 11 is 0. The third-order valence-corrected chi connectivity index (χ3v) is 2.07. The van der Waals surface area contributed by atoms with E-state index in [2.05, 4.69) is 18.8 Å². The predicted octanol–water partition coefficient (Wildman–Crippen LogP) is 2.71. The molecule has 0 aromatic carbocycles. The molecule has 0 fully saturated rings. The van der Waals surface area contributed by atoms with Crippen LogP contribution in [0.4, 0.5) is 0 Å². The first kappa shape index (κ1) is 11.7. The van der Waals surface area contributed by atoms with Gasteiger partial charge in [-0.15, -0.1) is 0 Å². The minimum Gasteiger partial charge on any atom is -0.478 e. The van der Waals surface area contributed by atoms with Crippen molar-refractivity contribution in [3.63, 3.8) is 0 Å². The summed E-state index contributed by atoms with van der Waals surface area (Å²) in [5.41, 5.74) is 0.574. The molecule has 0 radical (unpaired) electrons. The lowest BCUT2D eigenvalue weighted by molar-refractivity contribution is 0.112. The molecule has 82 valence electrons. The van der Waals surface area contributed by atoms with Gasteiger partial charge in [-0.2, -0.15) is 0 Å². The van der Waals surface area contributed by atoms with Gasteiger partial charge in [0, 0.05) is 17.8 Å². The highest BCUT2D eigenvalue weighted by Crippen LogP contribution is 2.08. The Morgan fingerprint density at radius 3 is 2.80 bits per heavy atom. The number of ether oxygens (including phenoxy) is 1. The SMILES string of the molecule is CC(C)CCCOc1ccc(C=O)cn1. The minimum atomic E-state index is 0.574.